The monoisotopic (exact) mass is 497 g/mol. The van der Waals surface area contributed by atoms with Crippen LogP contribution in [0.3, 0.4) is 0 Å². The number of para-hydroxylation sites is 2. The van der Waals surface area contributed by atoms with E-state index in [0.29, 0.717) is 27.6 Å². The highest BCUT2D eigenvalue weighted by Gasteiger charge is 2.21. The van der Waals surface area contributed by atoms with Crippen LogP contribution in [0, 0.1) is 26.0 Å². The fourth-order valence-corrected chi connectivity index (χ4v) is 4.20. The van der Waals surface area contributed by atoms with Gasteiger partial charge < -0.3 is 10.1 Å². The fourth-order valence-electron chi connectivity index (χ4n) is 3.38. The van der Waals surface area contributed by atoms with Crippen molar-refractivity contribution in [2.75, 3.05) is 18.2 Å². The number of anilines is 1. The molecule has 1 heterocycles. The minimum atomic E-state index is -0.802. The van der Waals surface area contributed by atoms with Gasteiger partial charge in [-0.2, -0.15) is 0 Å². The van der Waals surface area contributed by atoms with Gasteiger partial charge in [-0.05, 0) is 30.3 Å². The average Bonchev–Trinajstić information content (AvgIpc) is 3.21. The normalized spacial score (nSPS) is 10.8. The van der Waals surface area contributed by atoms with Gasteiger partial charge >= 0.3 is 0 Å². The Morgan fingerprint density at radius 3 is 2.60 bits per heavy atom. The highest BCUT2D eigenvalue weighted by molar-refractivity contribution is 7.99. The number of aromatic nitrogens is 2. The number of amides is 1. The fraction of sp³-hybridized carbons (Fsp3) is 0.0909. The first-order valence-electron chi connectivity index (χ1n) is 9.95. The number of benzene rings is 3. The first-order valence-corrected chi connectivity index (χ1v) is 10.9. The molecule has 4 aromatic rings. The second kappa shape index (κ2) is 9.77. The molecule has 3 aromatic carbocycles. The lowest BCUT2D eigenvalue weighted by molar-refractivity contribution is -0.384. The number of imidazole rings is 1. The number of carbonyl (C=O) groups is 1. The standard InChI is InChI=1S/C22H16FN5O6S/c1-34-20-5-3-2-4-18(20)26-17-9-7-14(27(30)31)11-16(17)25-22(26)35-12-21(29)24-15-8-6-13(23)10-19(15)28(32)33/h2-11H,12H2,1H3,(H,24,29). The number of fused-ring (bicyclic) bond motifs is 1. The predicted octanol–water partition coefficient (Wildman–Crippen LogP) is 4.72. The van der Waals surface area contributed by atoms with Crippen molar-refractivity contribution in [1.82, 2.24) is 9.55 Å². The number of carbonyl (C=O) groups excluding carboxylic acids is 1. The number of nitro groups is 2. The number of nitrogens with one attached hydrogen (secondary N) is 1. The van der Waals surface area contributed by atoms with Gasteiger partial charge in [0.15, 0.2) is 5.16 Å². The molecule has 0 atom stereocenters. The second-order valence-corrected chi connectivity index (χ2v) is 8.03. The molecule has 0 bridgehead atoms. The highest BCUT2D eigenvalue weighted by Crippen LogP contribution is 2.34. The zero-order valence-corrected chi connectivity index (χ0v) is 18.8. The molecule has 35 heavy (non-hydrogen) atoms. The van der Waals surface area contributed by atoms with E-state index in [0.717, 1.165) is 30.0 Å². The van der Waals surface area contributed by atoms with E-state index >= 15 is 0 Å². The van der Waals surface area contributed by atoms with Crippen molar-refractivity contribution < 1.29 is 23.8 Å². The zero-order chi connectivity index (χ0) is 25.1. The van der Waals surface area contributed by atoms with E-state index in [2.05, 4.69) is 10.3 Å². The molecule has 0 radical (unpaired) electrons. The van der Waals surface area contributed by atoms with E-state index in [1.165, 1.54) is 19.2 Å². The van der Waals surface area contributed by atoms with Gasteiger partial charge in [0.2, 0.25) is 5.91 Å². The summed E-state index contributed by atoms with van der Waals surface area (Å²) in [6.45, 7) is 0. The molecule has 1 amide bonds. The Bertz CT molecular complexity index is 1470. The lowest BCUT2D eigenvalue weighted by Gasteiger charge is -2.13. The highest BCUT2D eigenvalue weighted by atomic mass is 32.2. The van der Waals surface area contributed by atoms with E-state index < -0.39 is 27.3 Å². The number of halogens is 1. The predicted molar refractivity (Wildman–Crippen MR) is 127 cm³/mol. The molecule has 1 aromatic heterocycles. The average molecular weight is 497 g/mol. The van der Waals surface area contributed by atoms with Gasteiger partial charge in [-0.1, -0.05) is 23.9 Å². The number of non-ortho nitro benzene ring substituents is 1. The summed E-state index contributed by atoms with van der Waals surface area (Å²) in [5, 5.41) is 25.1. The van der Waals surface area contributed by atoms with Gasteiger partial charge in [-0.3, -0.25) is 29.6 Å². The third-order valence-corrected chi connectivity index (χ3v) is 5.85. The van der Waals surface area contributed by atoms with Gasteiger partial charge in [-0.25, -0.2) is 9.37 Å². The topological polar surface area (TPSA) is 142 Å². The first-order chi connectivity index (χ1) is 16.8. The van der Waals surface area contributed by atoms with E-state index in [4.69, 9.17) is 4.74 Å². The largest absolute Gasteiger partial charge is 0.495 e. The van der Waals surface area contributed by atoms with Crippen molar-refractivity contribution in [2.45, 2.75) is 5.16 Å². The quantitative estimate of drug-likeness (QED) is 0.209. The maximum atomic E-state index is 13.4. The Balaban J connectivity index is 1.68. The Morgan fingerprint density at radius 2 is 1.89 bits per heavy atom. The number of nitro benzene ring substituents is 2. The SMILES string of the molecule is COc1ccccc1-n1c(SCC(=O)Nc2ccc(F)cc2[N+](=O)[O-])nc2cc([N+](=O)[O-])ccc21. The molecule has 0 saturated heterocycles. The van der Waals surface area contributed by atoms with E-state index in [1.54, 1.807) is 34.9 Å². The number of rotatable bonds is 8. The first kappa shape index (κ1) is 23.6. The Labute approximate surface area is 200 Å². The summed E-state index contributed by atoms with van der Waals surface area (Å²) in [6.07, 6.45) is 0. The second-order valence-electron chi connectivity index (χ2n) is 7.09. The molecular formula is C22H16FN5O6S. The number of nitrogens with zero attached hydrogens (tertiary/aromatic N) is 4. The van der Waals surface area contributed by atoms with Crippen molar-refractivity contribution in [3.8, 4) is 11.4 Å². The minimum Gasteiger partial charge on any atom is -0.495 e. The summed E-state index contributed by atoms with van der Waals surface area (Å²) in [5.74, 6) is -1.08. The molecule has 178 valence electrons. The van der Waals surface area contributed by atoms with Crippen molar-refractivity contribution in [2.24, 2.45) is 0 Å². The van der Waals surface area contributed by atoms with Crippen molar-refractivity contribution >= 4 is 45.8 Å². The van der Waals surface area contributed by atoms with Crippen LogP contribution in [0.4, 0.5) is 21.5 Å². The number of thioether (sulfide) groups is 1. The summed E-state index contributed by atoms with van der Waals surface area (Å²) in [6, 6.07) is 14.1. The summed E-state index contributed by atoms with van der Waals surface area (Å²) < 4.78 is 20.5. The molecule has 0 saturated carbocycles. The van der Waals surface area contributed by atoms with Crippen LogP contribution in [0.1, 0.15) is 0 Å². The Morgan fingerprint density at radius 1 is 1.11 bits per heavy atom. The van der Waals surface area contributed by atoms with E-state index in [1.807, 2.05) is 0 Å². The molecular weight excluding hydrogens is 481 g/mol. The van der Waals surface area contributed by atoms with Gasteiger partial charge in [-0.15, -0.1) is 0 Å². The summed E-state index contributed by atoms with van der Waals surface area (Å²) >= 11 is 1.02. The molecule has 0 spiro atoms. The lowest BCUT2D eigenvalue weighted by Crippen LogP contribution is -2.15. The van der Waals surface area contributed by atoms with Crippen LogP contribution >= 0.6 is 11.8 Å². The maximum absolute atomic E-state index is 13.4. The maximum Gasteiger partial charge on any atom is 0.295 e. The number of hydrogen-bond donors (Lipinski definition) is 1. The van der Waals surface area contributed by atoms with Crippen molar-refractivity contribution in [1.29, 1.82) is 0 Å². The molecule has 0 aliphatic rings. The Kier molecular flexibility index (Phi) is 6.59. The number of ether oxygens (including phenoxy) is 1. The van der Waals surface area contributed by atoms with Gasteiger partial charge in [0.05, 0.1) is 45.5 Å². The third kappa shape index (κ3) is 4.89. The van der Waals surface area contributed by atoms with Crippen LogP contribution in [-0.2, 0) is 4.79 Å². The molecule has 0 aliphatic carbocycles. The molecule has 0 unspecified atom stereocenters. The van der Waals surface area contributed by atoms with Crippen LogP contribution in [0.25, 0.3) is 16.7 Å². The van der Waals surface area contributed by atoms with Gasteiger partial charge in [0.25, 0.3) is 11.4 Å². The summed E-state index contributed by atoms with van der Waals surface area (Å²) in [7, 11) is 1.50. The zero-order valence-electron chi connectivity index (χ0n) is 18.0. The van der Waals surface area contributed by atoms with Crippen LogP contribution in [0.15, 0.2) is 65.8 Å². The molecule has 4 rings (SSSR count). The summed E-state index contributed by atoms with van der Waals surface area (Å²) in [4.78, 5) is 38.1. The van der Waals surface area contributed by atoms with Crippen LogP contribution in [-0.4, -0.2) is 38.2 Å². The molecule has 1 N–H and O–H groups in total. The lowest BCUT2D eigenvalue weighted by atomic mass is 10.2. The molecule has 11 nitrogen and oxygen atoms in total. The minimum absolute atomic E-state index is 0.139. The van der Waals surface area contributed by atoms with E-state index in [9.17, 15) is 29.4 Å². The van der Waals surface area contributed by atoms with Crippen LogP contribution in [0.2, 0.25) is 0 Å². The van der Waals surface area contributed by atoms with Crippen molar-refractivity contribution in [3.05, 3.63) is 86.7 Å². The van der Waals surface area contributed by atoms with Crippen molar-refractivity contribution in [3.63, 3.8) is 0 Å². The van der Waals surface area contributed by atoms with Crippen LogP contribution < -0.4 is 10.1 Å². The smallest absolute Gasteiger partial charge is 0.295 e. The van der Waals surface area contributed by atoms with Crippen LogP contribution in [0.5, 0.6) is 5.75 Å². The molecule has 0 aliphatic heterocycles. The van der Waals surface area contributed by atoms with E-state index in [-0.39, 0.29) is 17.1 Å². The Hall–Kier alpha value is -4.52. The molecule has 13 heteroatoms. The third-order valence-electron chi connectivity index (χ3n) is 4.91. The van der Waals surface area contributed by atoms with Gasteiger partial charge in [0, 0.05) is 12.1 Å². The van der Waals surface area contributed by atoms with Gasteiger partial charge in [0.1, 0.15) is 17.3 Å². The molecule has 0 fully saturated rings. The number of hydrogen-bond acceptors (Lipinski definition) is 8. The number of methoxy groups -OCH3 is 1. The summed E-state index contributed by atoms with van der Waals surface area (Å²) in [5.41, 5.74) is 0.635.